The normalized spacial score (nSPS) is 17.5. The molecular weight excluding hydrogens is 512 g/mol. The number of nitrogens with zero attached hydrogens (tertiary/aromatic N) is 6. The Labute approximate surface area is 232 Å². The second kappa shape index (κ2) is 10.5. The maximum absolute atomic E-state index is 13.5. The quantitative estimate of drug-likeness (QED) is 0.321. The lowest BCUT2D eigenvalue weighted by molar-refractivity contribution is 0.0224. The number of hydrogen-bond donors (Lipinski definition) is 0. The van der Waals surface area contributed by atoms with Crippen molar-refractivity contribution in [3.8, 4) is 17.1 Å². The van der Waals surface area contributed by atoms with E-state index in [0.717, 1.165) is 29.3 Å². The Kier molecular flexibility index (Phi) is 7.26. The maximum Gasteiger partial charge on any atom is 0.410 e. The van der Waals surface area contributed by atoms with E-state index in [9.17, 15) is 9.59 Å². The minimum absolute atomic E-state index is 0.00257. The smallest absolute Gasteiger partial charge is 0.410 e. The summed E-state index contributed by atoms with van der Waals surface area (Å²) in [5.41, 5.74) is 2.23. The molecular formula is C29H36N6O5. The van der Waals surface area contributed by atoms with Crippen LogP contribution in [0.3, 0.4) is 0 Å². The van der Waals surface area contributed by atoms with Crippen molar-refractivity contribution in [2.24, 2.45) is 7.05 Å². The van der Waals surface area contributed by atoms with Gasteiger partial charge in [0.1, 0.15) is 11.4 Å². The first-order valence-electron chi connectivity index (χ1n) is 13.4. The van der Waals surface area contributed by atoms with Crippen LogP contribution in [-0.4, -0.2) is 67.9 Å². The van der Waals surface area contributed by atoms with Crippen molar-refractivity contribution in [3.05, 3.63) is 46.6 Å². The summed E-state index contributed by atoms with van der Waals surface area (Å²) in [4.78, 5) is 37.1. The number of hydrogen-bond acceptors (Lipinski definition) is 8. The molecule has 0 aliphatic heterocycles. The van der Waals surface area contributed by atoms with Crippen LogP contribution in [0.15, 0.2) is 35.5 Å². The predicted octanol–water partition coefficient (Wildman–Crippen LogP) is 4.60. The van der Waals surface area contributed by atoms with Crippen molar-refractivity contribution >= 4 is 27.9 Å². The Hall–Kier alpha value is -3.99. The molecule has 40 heavy (non-hydrogen) atoms. The molecule has 0 radical (unpaired) electrons. The van der Waals surface area contributed by atoms with Crippen molar-refractivity contribution in [1.29, 1.82) is 0 Å². The summed E-state index contributed by atoms with van der Waals surface area (Å²) in [6.45, 7) is 7.56. The van der Waals surface area contributed by atoms with E-state index in [4.69, 9.17) is 19.2 Å². The maximum atomic E-state index is 13.5. The highest BCUT2D eigenvalue weighted by Crippen LogP contribution is 2.37. The molecule has 3 heterocycles. The van der Waals surface area contributed by atoms with Crippen molar-refractivity contribution in [3.63, 3.8) is 0 Å². The standard InChI is InChI=1S/C29H36N6O5/c1-17-24-18(15-33(5)32-24)12-21(25(17)39-16-38-7)26-30-14-22-23(31-26)10-11-35(27(22)36)20-9-8-19(13-20)34(6)28(37)40-29(2,3)4/h10-12,14-15,19-20H,8-9,13,16H2,1-7H3/t19-,20+/m0/s1. The van der Waals surface area contributed by atoms with Crippen molar-refractivity contribution in [2.75, 3.05) is 21.0 Å². The van der Waals surface area contributed by atoms with Gasteiger partial charge in [0.25, 0.3) is 5.56 Å². The first kappa shape index (κ1) is 27.6. The third-order valence-corrected chi connectivity index (χ3v) is 7.34. The summed E-state index contributed by atoms with van der Waals surface area (Å²) in [6.07, 6.45) is 7.20. The second-order valence-electron chi connectivity index (χ2n) is 11.4. The van der Waals surface area contributed by atoms with Gasteiger partial charge in [0.2, 0.25) is 0 Å². The molecule has 4 aromatic rings. The molecule has 2 atom stereocenters. The summed E-state index contributed by atoms with van der Waals surface area (Å²) in [5, 5.41) is 5.92. The zero-order valence-electron chi connectivity index (χ0n) is 24.1. The molecule has 1 saturated carbocycles. The van der Waals surface area contributed by atoms with Gasteiger partial charge in [-0.05, 0) is 59.1 Å². The van der Waals surface area contributed by atoms with Crippen LogP contribution in [0.1, 0.15) is 51.6 Å². The number of aromatic nitrogens is 5. The molecule has 0 spiro atoms. The van der Waals surface area contributed by atoms with E-state index < -0.39 is 5.60 Å². The topological polar surface area (TPSA) is 114 Å². The van der Waals surface area contributed by atoms with Crippen LogP contribution >= 0.6 is 0 Å². The van der Waals surface area contributed by atoms with E-state index in [1.165, 1.54) is 0 Å². The number of aryl methyl sites for hydroxylation is 2. The first-order valence-corrected chi connectivity index (χ1v) is 13.4. The summed E-state index contributed by atoms with van der Waals surface area (Å²) in [7, 11) is 5.19. The van der Waals surface area contributed by atoms with Crippen LogP contribution in [0.2, 0.25) is 0 Å². The van der Waals surface area contributed by atoms with Gasteiger partial charge in [-0.15, -0.1) is 0 Å². The molecule has 0 unspecified atom stereocenters. The van der Waals surface area contributed by atoms with Crippen molar-refractivity contribution in [2.45, 2.75) is 64.6 Å². The molecule has 11 heteroatoms. The van der Waals surface area contributed by atoms with Gasteiger partial charge in [-0.1, -0.05) is 0 Å². The number of carbonyl (C=O) groups is 1. The molecule has 0 bridgehead atoms. The number of carbonyl (C=O) groups excluding carboxylic acids is 1. The number of pyridine rings is 1. The number of rotatable bonds is 6. The third-order valence-electron chi connectivity index (χ3n) is 7.34. The lowest BCUT2D eigenvalue weighted by Crippen LogP contribution is -2.39. The van der Waals surface area contributed by atoms with E-state index in [0.29, 0.717) is 34.5 Å². The molecule has 1 aromatic carbocycles. The SMILES string of the molecule is COCOc1c(-c2ncc3c(=O)n([C@@H]4CC[C@H](N(C)C(=O)OC(C)(C)C)C4)ccc3n2)cc2cn(C)nc2c1C. The summed E-state index contributed by atoms with van der Waals surface area (Å²) >= 11 is 0. The molecule has 5 rings (SSSR count). The Balaban J connectivity index is 1.45. The fraction of sp³-hybridized carbons (Fsp3) is 0.483. The molecule has 1 aliphatic carbocycles. The minimum Gasteiger partial charge on any atom is -0.466 e. The van der Waals surface area contributed by atoms with Crippen LogP contribution in [0.25, 0.3) is 33.2 Å². The number of amides is 1. The van der Waals surface area contributed by atoms with E-state index in [2.05, 4.69) is 10.1 Å². The van der Waals surface area contributed by atoms with Gasteiger partial charge < -0.3 is 23.7 Å². The summed E-state index contributed by atoms with van der Waals surface area (Å²) in [5.74, 6) is 1.04. The Morgan fingerprint density at radius 2 is 2.02 bits per heavy atom. The van der Waals surface area contributed by atoms with Crippen LogP contribution in [0.5, 0.6) is 5.75 Å². The van der Waals surface area contributed by atoms with Gasteiger partial charge in [-0.2, -0.15) is 5.10 Å². The zero-order valence-corrected chi connectivity index (χ0v) is 24.1. The van der Waals surface area contributed by atoms with Gasteiger partial charge in [0.15, 0.2) is 12.6 Å². The number of benzene rings is 1. The molecule has 1 aliphatic rings. The van der Waals surface area contributed by atoms with Gasteiger partial charge in [0.05, 0.1) is 22.0 Å². The van der Waals surface area contributed by atoms with Crippen LogP contribution in [0.4, 0.5) is 4.79 Å². The predicted molar refractivity (Wildman–Crippen MR) is 151 cm³/mol. The van der Waals surface area contributed by atoms with Crippen LogP contribution in [-0.2, 0) is 16.5 Å². The van der Waals surface area contributed by atoms with E-state index in [1.54, 1.807) is 40.7 Å². The highest BCUT2D eigenvalue weighted by molar-refractivity contribution is 5.91. The largest absolute Gasteiger partial charge is 0.466 e. The lowest BCUT2D eigenvalue weighted by Gasteiger charge is -2.28. The number of methoxy groups -OCH3 is 1. The Morgan fingerprint density at radius 1 is 1.25 bits per heavy atom. The first-order chi connectivity index (χ1) is 19.0. The average molecular weight is 549 g/mol. The average Bonchev–Trinajstić information content (AvgIpc) is 3.53. The van der Waals surface area contributed by atoms with Gasteiger partial charge in [-0.3, -0.25) is 9.48 Å². The fourth-order valence-corrected chi connectivity index (χ4v) is 5.39. The molecule has 1 amide bonds. The van der Waals surface area contributed by atoms with Crippen molar-refractivity contribution < 1.29 is 19.0 Å². The van der Waals surface area contributed by atoms with E-state index >= 15 is 0 Å². The number of ether oxygens (including phenoxy) is 3. The van der Waals surface area contributed by atoms with Crippen molar-refractivity contribution in [1.82, 2.24) is 29.2 Å². The highest BCUT2D eigenvalue weighted by Gasteiger charge is 2.33. The Bertz CT molecular complexity index is 1640. The Morgan fingerprint density at radius 3 is 2.75 bits per heavy atom. The summed E-state index contributed by atoms with van der Waals surface area (Å²) < 4.78 is 20.1. The molecule has 0 N–H and O–H groups in total. The molecule has 11 nitrogen and oxygen atoms in total. The van der Waals surface area contributed by atoms with Gasteiger partial charge >= 0.3 is 6.09 Å². The van der Waals surface area contributed by atoms with Crippen LogP contribution < -0.4 is 10.3 Å². The van der Waals surface area contributed by atoms with Gasteiger partial charge in [-0.25, -0.2) is 14.8 Å². The van der Waals surface area contributed by atoms with E-state index in [1.807, 2.05) is 53.1 Å². The highest BCUT2D eigenvalue weighted by atomic mass is 16.7. The number of fused-ring (bicyclic) bond motifs is 2. The fourth-order valence-electron chi connectivity index (χ4n) is 5.39. The van der Waals surface area contributed by atoms with Gasteiger partial charge in [0, 0.05) is 62.8 Å². The lowest BCUT2D eigenvalue weighted by atomic mass is 10.0. The molecule has 212 valence electrons. The third kappa shape index (κ3) is 5.25. The molecule has 1 fully saturated rings. The zero-order chi connectivity index (χ0) is 28.8. The molecule has 0 saturated heterocycles. The second-order valence-corrected chi connectivity index (χ2v) is 11.4. The minimum atomic E-state index is -0.559. The summed E-state index contributed by atoms with van der Waals surface area (Å²) in [6, 6.07) is 3.76. The molecule has 3 aromatic heterocycles. The van der Waals surface area contributed by atoms with E-state index in [-0.39, 0.29) is 30.5 Å². The monoisotopic (exact) mass is 548 g/mol. The van der Waals surface area contributed by atoms with Crippen LogP contribution in [0, 0.1) is 6.92 Å².